The van der Waals surface area contributed by atoms with Crippen LogP contribution in [0.3, 0.4) is 0 Å². The van der Waals surface area contributed by atoms with Gasteiger partial charge in [0, 0.05) is 63.6 Å². The molecule has 0 radical (unpaired) electrons. The molecule has 1 N–H and O–H groups in total. The molecule has 1 aromatic heterocycles. The summed E-state index contributed by atoms with van der Waals surface area (Å²) in [5.74, 6) is 2.77. The molecule has 3 aliphatic heterocycles. The van der Waals surface area contributed by atoms with Crippen LogP contribution in [0.5, 0.6) is 11.5 Å². The summed E-state index contributed by atoms with van der Waals surface area (Å²) >= 11 is 0. The van der Waals surface area contributed by atoms with Gasteiger partial charge in [0.05, 0.1) is 13.2 Å². The molecule has 0 amide bonds. The molecule has 31 heavy (non-hydrogen) atoms. The van der Waals surface area contributed by atoms with Gasteiger partial charge in [-0.15, -0.1) is 0 Å². The number of methoxy groups -OCH3 is 1. The van der Waals surface area contributed by atoms with E-state index in [1.165, 1.54) is 5.57 Å². The molecular formula is C24H30N4O3. The van der Waals surface area contributed by atoms with Crippen LogP contribution in [0, 0.1) is 0 Å². The van der Waals surface area contributed by atoms with Gasteiger partial charge in [0.2, 0.25) is 0 Å². The van der Waals surface area contributed by atoms with E-state index in [2.05, 4.69) is 31.8 Å². The van der Waals surface area contributed by atoms with Crippen LogP contribution in [0.15, 0.2) is 48.2 Å². The van der Waals surface area contributed by atoms with Crippen LogP contribution in [-0.4, -0.2) is 91.6 Å². The molecule has 4 heterocycles. The van der Waals surface area contributed by atoms with Gasteiger partial charge in [-0.3, -0.25) is 9.80 Å². The fourth-order valence-electron chi connectivity index (χ4n) is 4.87. The molecule has 0 aliphatic carbocycles. The average molecular weight is 423 g/mol. The Morgan fingerprint density at radius 1 is 1.13 bits per heavy atom. The van der Waals surface area contributed by atoms with Gasteiger partial charge in [0.1, 0.15) is 23.9 Å². The molecule has 7 nitrogen and oxygen atoms in total. The maximum Gasteiger partial charge on any atom is 0.128 e. The van der Waals surface area contributed by atoms with Crippen molar-refractivity contribution in [1.82, 2.24) is 14.8 Å². The molecule has 0 spiro atoms. The van der Waals surface area contributed by atoms with E-state index in [1.807, 2.05) is 36.5 Å². The van der Waals surface area contributed by atoms with E-state index in [9.17, 15) is 5.11 Å². The minimum atomic E-state index is -0.320. The average Bonchev–Trinajstić information content (AvgIpc) is 3.19. The van der Waals surface area contributed by atoms with Crippen LogP contribution >= 0.6 is 0 Å². The van der Waals surface area contributed by atoms with Crippen LogP contribution in [-0.2, 0) is 0 Å². The van der Waals surface area contributed by atoms with E-state index in [4.69, 9.17) is 9.47 Å². The zero-order chi connectivity index (χ0) is 21.2. The van der Waals surface area contributed by atoms with E-state index in [1.54, 1.807) is 7.11 Å². The van der Waals surface area contributed by atoms with Crippen molar-refractivity contribution in [3.63, 3.8) is 0 Å². The third-order valence-electron chi connectivity index (χ3n) is 6.51. The zero-order valence-corrected chi connectivity index (χ0v) is 18.0. The van der Waals surface area contributed by atoms with Crippen LogP contribution in [0.4, 0.5) is 5.82 Å². The number of hydrogen-bond acceptors (Lipinski definition) is 7. The Balaban J connectivity index is 1.18. The standard InChI is InChI=1S/C24H30N4O3/c1-30-20-5-6-23-19(13-20)12-18(17-31-23)14-26-15-21(22(29)16-26)27-8-10-28(11-9-27)24-4-2-3-7-25-24/h2-7,12-13,21-22,29H,8-11,14-17H2,1H3/t21-,22-/m0/s1. The molecule has 2 atom stereocenters. The summed E-state index contributed by atoms with van der Waals surface area (Å²) in [6.45, 7) is 6.78. The lowest BCUT2D eigenvalue weighted by atomic mass is 10.1. The Kier molecular flexibility index (Phi) is 5.80. The summed E-state index contributed by atoms with van der Waals surface area (Å²) in [5, 5.41) is 10.8. The molecule has 5 rings (SSSR count). The number of benzene rings is 1. The number of anilines is 1. The molecular weight excluding hydrogens is 392 g/mol. The number of pyridine rings is 1. The number of piperazine rings is 1. The van der Waals surface area contributed by atoms with Crippen LogP contribution in [0.2, 0.25) is 0 Å². The summed E-state index contributed by atoms with van der Waals surface area (Å²) < 4.78 is 11.3. The summed E-state index contributed by atoms with van der Waals surface area (Å²) in [4.78, 5) is 11.6. The maximum atomic E-state index is 10.8. The van der Waals surface area contributed by atoms with Gasteiger partial charge in [-0.05, 0) is 42.0 Å². The van der Waals surface area contributed by atoms with E-state index in [-0.39, 0.29) is 12.1 Å². The highest BCUT2D eigenvalue weighted by atomic mass is 16.5. The number of hydrogen-bond donors (Lipinski definition) is 1. The molecule has 0 saturated carbocycles. The summed E-state index contributed by atoms with van der Waals surface area (Å²) in [5.41, 5.74) is 2.29. The molecule has 0 unspecified atom stereocenters. The van der Waals surface area contributed by atoms with Crippen molar-refractivity contribution < 1.29 is 14.6 Å². The second-order valence-electron chi connectivity index (χ2n) is 8.53. The van der Waals surface area contributed by atoms with Crippen molar-refractivity contribution >= 4 is 11.9 Å². The molecule has 2 aromatic rings. The lowest BCUT2D eigenvalue weighted by Crippen LogP contribution is -2.54. The monoisotopic (exact) mass is 422 g/mol. The number of aromatic nitrogens is 1. The summed E-state index contributed by atoms with van der Waals surface area (Å²) in [6.07, 6.45) is 3.73. The highest BCUT2D eigenvalue weighted by Crippen LogP contribution is 2.30. The number of aliphatic hydroxyl groups excluding tert-OH is 1. The molecule has 2 saturated heterocycles. The fourth-order valence-corrected chi connectivity index (χ4v) is 4.87. The van der Waals surface area contributed by atoms with Gasteiger partial charge in [-0.1, -0.05) is 6.07 Å². The number of β-amino-alcohol motifs (C(OH)–C–C–N with tert-alkyl or cyclic N) is 1. The third-order valence-corrected chi connectivity index (χ3v) is 6.51. The number of rotatable bonds is 5. The third kappa shape index (κ3) is 4.39. The van der Waals surface area contributed by atoms with Crippen molar-refractivity contribution in [1.29, 1.82) is 0 Å². The summed E-state index contributed by atoms with van der Waals surface area (Å²) in [6, 6.07) is 12.1. The van der Waals surface area contributed by atoms with Gasteiger partial charge in [0.25, 0.3) is 0 Å². The Hall–Kier alpha value is -2.61. The Morgan fingerprint density at radius 2 is 2.00 bits per heavy atom. The minimum absolute atomic E-state index is 0.184. The SMILES string of the molecule is COc1ccc2c(c1)C=C(CN1C[C@H](O)[C@@H](N3CCN(c4ccccn4)CC3)C1)CO2. The second kappa shape index (κ2) is 8.86. The molecule has 3 aliphatic rings. The van der Waals surface area contributed by atoms with Gasteiger partial charge in [0.15, 0.2) is 0 Å². The predicted octanol–water partition coefficient (Wildman–Crippen LogP) is 1.73. The maximum absolute atomic E-state index is 10.8. The molecule has 1 aromatic carbocycles. The predicted molar refractivity (Wildman–Crippen MR) is 121 cm³/mol. The van der Waals surface area contributed by atoms with E-state index < -0.39 is 0 Å². The van der Waals surface area contributed by atoms with E-state index in [0.29, 0.717) is 13.2 Å². The van der Waals surface area contributed by atoms with Crippen LogP contribution < -0.4 is 14.4 Å². The zero-order valence-electron chi connectivity index (χ0n) is 18.0. The Labute approximate surface area is 183 Å². The first-order valence-corrected chi connectivity index (χ1v) is 11.0. The molecule has 2 fully saturated rings. The normalized spacial score (nSPS) is 24.5. The molecule has 164 valence electrons. The van der Waals surface area contributed by atoms with Gasteiger partial charge in [-0.25, -0.2) is 4.98 Å². The van der Waals surface area contributed by atoms with Crippen LogP contribution in [0.1, 0.15) is 5.56 Å². The molecule has 0 bridgehead atoms. The number of aliphatic hydroxyl groups is 1. The number of fused-ring (bicyclic) bond motifs is 1. The smallest absolute Gasteiger partial charge is 0.128 e. The van der Waals surface area contributed by atoms with E-state index in [0.717, 1.165) is 62.1 Å². The lowest BCUT2D eigenvalue weighted by Gasteiger charge is -2.39. The first-order valence-electron chi connectivity index (χ1n) is 11.0. The van der Waals surface area contributed by atoms with Gasteiger partial charge in [-0.2, -0.15) is 0 Å². The highest BCUT2D eigenvalue weighted by Gasteiger charge is 2.37. The van der Waals surface area contributed by atoms with Gasteiger partial charge < -0.3 is 19.5 Å². The topological polar surface area (TPSA) is 61.3 Å². The van der Waals surface area contributed by atoms with Crippen molar-refractivity contribution in [3.8, 4) is 11.5 Å². The van der Waals surface area contributed by atoms with E-state index >= 15 is 0 Å². The van der Waals surface area contributed by atoms with Crippen molar-refractivity contribution in [2.24, 2.45) is 0 Å². The molecule has 7 heteroatoms. The van der Waals surface area contributed by atoms with Crippen LogP contribution in [0.25, 0.3) is 6.08 Å². The minimum Gasteiger partial charge on any atom is -0.497 e. The number of likely N-dealkylation sites (tertiary alicyclic amines) is 1. The van der Waals surface area contributed by atoms with Gasteiger partial charge >= 0.3 is 0 Å². The highest BCUT2D eigenvalue weighted by molar-refractivity contribution is 5.64. The second-order valence-corrected chi connectivity index (χ2v) is 8.53. The summed E-state index contributed by atoms with van der Waals surface area (Å²) in [7, 11) is 1.68. The quantitative estimate of drug-likeness (QED) is 0.788. The number of nitrogens with zero attached hydrogens (tertiary/aromatic N) is 4. The van der Waals surface area contributed by atoms with Crippen molar-refractivity contribution in [3.05, 3.63) is 53.7 Å². The first-order chi connectivity index (χ1) is 15.2. The van der Waals surface area contributed by atoms with Crippen molar-refractivity contribution in [2.45, 2.75) is 12.1 Å². The Morgan fingerprint density at radius 3 is 2.77 bits per heavy atom. The fraction of sp³-hybridized carbons (Fsp3) is 0.458. The first kappa shape index (κ1) is 20.3. The lowest BCUT2D eigenvalue weighted by molar-refractivity contribution is 0.0790. The Bertz CT molecular complexity index is 928. The number of ether oxygens (including phenoxy) is 2. The largest absolute Gasteiger partial charge is 0.497 e. The van der Waals surface area contributed by atoms with Crippen molar-refractivity contribution in [2.75, 3.05) is 64.4 Å².